The van der Waals surface area contributed by atoms with Crippen LogP contribution in [0.15, 0.2) is 53.7 Å². The first-order valence-corrected chi connectivity index (χ1v) is 11.4. The van der Waals surface area contributed by atoms with E-state index in [0.717, 1.165) is 23.8 Å². The van der Waals surface area contributed by atoms with E-state index in [0.29, 0.717) is 21.8 Å². The number of halogens is 3. The van der Waals surface area contributed by atoms with Crippen LogP contribution in [0.1, 0.15) is 16.8 Å². The fourth-order valence-corrected chi connectivity index (χ4v) is 5.45. The number of pyridine rings is 1. The Bertz CT molecular complexity index is 1570. The van der Waals surface area contributed by atoms with Crippen LogP contribution in [0, 0.1) is 31.3 Å². The van der Waals surface area contributed by atoms with Gasteiger partial charge in [0, 0.05) is 23.3 Å². The van der Waals surface area contributed by atoms with E-state index in [4.69, 9.17) is 0 Å². The van der Waals surface area contributed by atoms with E-state index in [-0.39, 0.29) is 27.8 Å². The van der Waals surface area contributed by atoms with Crippen LogP contribution < -0.4 is 5.32 Å². The van der Waals surface area contributed by atoms with Gasteiger partial charge < -0.3 is 10.4 Å². The summed E-state index contributed by atoms with van der Waals surface area (Å²) in [5.41, 5.74) is 0.803. The SMILES string of the molecule is Cc1cncc(Nc2cc(F)c(S(=O)(=O)n3c(C)c(CC(=O)O)c4cc(F)ccc43)cc2F)c1. The molecule has 4 rings (SSSR count). The van der Waals surface area contributed by atoms with Gasteiger partial charge in [-0.3, -0.25) is 9.78 Å². The topological polar surface area (TPSA) is 101 Å². The Morgan fingerprint density at radius 1 is 1.06 bits per heavy atom. The second kappa shape index (κ2) is 8.49. The Morgan fingerprint density at radius 3 is 2.47 bits per heavy atom. The lowest BCUT2D eigenvalue weighted by Crippen LogP contribution is -2.17. The molecule has 0 saturated carbocycles. The summed E-state index contributed by atoms with van der Waals surface area (Å²) < 4.78 is 71.3. The van der Waals surface area contributed by atoms with Crippen molar-refractivity contribution in [3.63, 3.8) is 0 Å². The molecule has 0 aliphatic rings. The van der Waals surface area contributed by atoms with Gasteiger partial charge in [-0.15, -0.1) is 0 Å². The minimum absolute atomic E-state index is 0.0455. The summed E-state index contributed by atoms with van der Waals surface area (Å²) >= 11 is 0. The average Bonchev–Trinajstić information content (AvgIpc) is 3.01. The van der Waals surface area contributed by atoms with Gasteiger partial charge in [-0.25, -0.2) is 25.6 Å². The Labute approximate surface area is 192 Å². The molecule has 0 aliphatic heterocycles. The number of carbonyl (C=O) groups is 1. The summed E-state index contributed by atoms with van der Waals surface area (Å²) in [7, 11) is -4.73. The molecule has 0 unspecified atom stereocenters. The lowest BCUT2D eigenvalue weighted by atomic mass is 10.1. The molecule has 176 valence electrons. The molecule has 0 fully saturated rings. The van der Waals surface area contributed by atoms with Crippen LogP contribution in [0.4, 0.5) is 24.5 Å². The van der Waals surface area contributed by atoms with E-state index in [9.17, 15) is 27.1 Å². The highest BCUT2D eigenvalue weighted by atomic mass is 32.2. The molecule has 2 aromatic heterocycles. The number of fused-ring (bicyclic) bond motifs is 1. The van der Waals surface area contributed by atoms with Crippen LogP contribution in [0.2, 0.25) is 0 Å². The summed E-state index contributed by atoms with van der Waals surface area (Å²) in [6, 6.07) is 6.05. The maximum absolute atomic E-state index is 15.0. The second-order valence-corrected chi connectivity index (χ2v) is 9.46. The summed E-state index contributed by atoms with van der Waals surface area (Å²) in [5, 5.41) is 11.9. The zero-order chi connectivity index (χ0) is 24.8. The Balaban J connectivity index is 1.86. The largest absolute Gasteiger partial charge is 0.481 e. The molecular weight excluding hydrogens is 471 g/mol. The molecule has 7 nitrogen and oxygen atoms in total. The number of carboxylic acid groups (broad SMARTS) is 1. The van der Waals surface area contributed by atoms with Gasteiger partial charge in [0.2, 0.25) is 0 Å². The fourth-order valence-electron chi connectivity index (χ4n) is 3.81. The summed E-state index contributed by atoms with van der Waals surface area (Å²) in [6.07, 6.45) is 2.39. The van der Waals surface area contributed by atoms with Crippen molar-refractivity contribution in [3.05, 3.63) is 83.1 Å². The first kappa shape index (κ1) is 23.3. The smallest absolute Gasteiger partial charge is 0.307 e. The number of rotatable bonds is 6. The lowest BCUT2D eigenvalue weighted by Gasteiger charge is -2.14. The number of aliphatic carboxylic acids is 1. The van der Waals surface area contributed by atoms with Gasteiger partial charge in [0.1, 0.15) is 22.3 Å². The van der Waals surface area contributed by atoms with Gasteiger partial charge in [0.25, 0.3) is 10.0 Å². The van der Waals surface area contributed by atoms with Gasteiger partial charge in [-0.2, -0.15) is 0 Å². The molecule has 0 atom stereocenters. The van der Waals surface area contributed by atoms with Crippen LogP contribution >= 0.6 is 0 Å². The Hall–Kier alpha value is -3.86. The molecule has 2 N–H and O–H groups in total. The molecule has 11 heteroatoms. The Kier molecular flexibility index (Phi) is 5.82. The van der Waals surface area contributed by atoms with Crippen molar-refractivity contribution in [2.45, 2.75) is 25.2 Å². The maximum Gasteiger partial charge on any atom is 0.307 e. The highest BCUT2D eigenvalue weighted by Crippen LogP contribution is 2.33. The van der Waals surface area contributed by atoms with Crippen molar-refractivity contribution in [3.8, 4) is 0 Å². The summed E-state index contributed by atoms with van der Waals surface area (Å²) in [5.74, 6) is -4.23. The third-order valence-electron chi connectivity index (χ3n) is 5.27. The highest BCUT2D eigenvalue weighted by molar-refractivity contribution is 7.90. The molecular formula is C23H18F3N3O4S. The molecule has 2 aromatic carbocycles. The standard InChI is InChI=1S/C23H18F3N3O4S/c1-12-5-15(11-27-10-12)28-20-8-19(26)22(9-18(20)25)34(32,33)29-13(2)16(7-23(30)31)17-6-14(24)3-4-21(17)29/h3-6,8-11,28H,7H2,1-2H3,(H,30,31). The van der Waals surface area contributed by atoms with Gasteiger partial charge in [-0.05, 0) is 55.3 Å². The van der Waals surface area contributed by atoms with Crippen molar-refractivity contribution >= 4 is 38.3 Å². The minimum atomic E-state index is -4.73. The number of nitrogens with one attached hydrogen (secondary N) is 1. The molecule has 4 aromatic rings. The number of benzene rings is 2. The molecule has 2 heterocycles. The predicted octanol–water partition coefficient (Wildman–Crippen LogP) is 4.68. The fraction of sp³-hybridized carbons (Fsp3) is 0.130. The zero-order valence-corrected chi connectivity index (χ0v) is 18.8. The predicted molar refractivity (Wildman–Crippen MR) is 119 cm³/mol. The van der Waals surface area contributed by atoms with Crippen molar-refractivity contribution in [2.75, 3.05) is 5.32 Å². The molecule has 0 saturated heterocycles. The summed E-state index contributed by atoms with van der Waals surface area (Å²) in [6.45, 7) is 3.08. The number of aryl methyl sites for hydroxylation is 1. The van der Waals surface area contributed by atoms with Crippen LogP contribution in [0.25, 0.3) is 10.9 Å². The van der Waals surface area contributed by atoms with Crippen LogP contribution in [-0.4, -0.2) is 28.5 Å². The van der Waals surface area contributed by atoms with Crippen LogP contribution in [0.3, 0.4) is 0 Å². The third-order valence-corrected chi connectivity index (χ3v) is 7.09. The normalized spacial score (nSPS) is 11.7. The van der Waals surface area contributed by atoms with Crippen molar-refractivity contribution < 1.29 is 31.5 Å². The van der Waals surface area contributed by atoms with E-state index in [1.54, 1.807) is 19.2 Å². The number of nitrogens with zero attached hydrogens (tertiary/aromatic N) is 2. The number of hydrogen-bond acceptors (Lipinski definition) is 5. The van der Waals surface area contributed by atoms with Crippen molar-refractivity contribution in [1.29, 1.82) is 0 Å². The first-order chi connectivity index (χ1) is 16.0. The number of carboxylic acids is 1. The van der Waals surface area contributed by atoms with Crippen LogP contribution in [0.5, 0.6) is 0 Å². The van der Waals surface area contributed by atoms with Gasteiger partial charge in [-0.1, -0.05) is 0 Å². The first-order valence-electron chi connectivity index (χ1n) is 9.93. The van der Waals surface area contributed by atoms with Gasteiger partial charge in [0.05, 0.1) is 29.5 Å². The molecule has 0 amide bonds. The highest BCUT2D eigenvalue weighted by Gasteiger charge is 2.29. The number of hydrogen-bond donors (Lipinski definition) is 2. The Morgan fingerprint density at radius 2 is 1.79 bits per heavy atom. The average molecular weight is 489 g/mol. The zero-order valence-electron chi connectivity index (χ0n) is 17.9. The van der Waals surface area contributed by atoms with Gasteiger partial charge in [0.15, 0.2) is 0 Å². The minimum Gasteiger partial charge on any atom is -0.481 e. The van der Waals surface area contributed by atoms with E-state index < -0.39 is 44.8 Å². The number of aromatic nitrogens is 2. The van der Waals surface area contributed by atoms with Crippen LogP contribution in [-0.2, 0) is 21.2 Å². The monoisotopic (exact) mass is 489 g/mol. The van der Waals surface area contributed by atoms with E-state index in [1.807, 2.05) is 0 Å². The van der Waals surface area contributed by atoms with E-state index in [1.165, 1.54) is 13.1 Å². The van der Waals surface area contributed by atoms with E-state index >= 15 is 4.39 Å². The van der Waals surface area contributed by atoms with Gasteiger partial charge >= 0.3 is 5.97 Å². The van der Waals surface area contributed by atoms with Crippen molar-refractivity contribution in [2.24, 2.45) is 0 Å². The molecule has 34 heavy (non-hydrogen) atoms. The summed E-state index contributed by atoms with van der Waals surface area (Å²) in [4.78, 5) is 14.3. The quantitative estimate of drug-likeness (QED) is 0.408. The van der Waals surface area contributed by atoms with E-state index in [2.05, 4.69) is 10.3 Å². The molecule has 0 spiro atoms. The molecule has 0 radical (unpaired) electrons. The van der Waals surface area contributed by atoms with Crippen molar-refractivity contribution in [1.82, 2.24) is 8.96 Å². The second-order valence-electron chi connectivity index (χ2n) is 7.70. The number of anilines is 2. The lowest BCUT2D eigenvalue weighted by molar-refractivity contribution is -0.136. The maximum atomic E-state index is 15.0. The molecule has 0 bridgehead atoms. The third kappa shape index (κ3) is 4.10. The molecule has 0 aliphatic carbocycles.